The molecule has 1 unspecified atom stereocenters. The number of piperidine rings is 1. The Morgan fingerprint density at radius 1 is 1.38 bits per heavy atom. The Kier molecular flexibility index (Phi) is 4.32. The SMILES string of the molecule is COc1ccc2cc(CN3CCCC(C)C3)c(Cl)nc2c1. The van der Waals surface area contributed by atoms with Gasteiger partial charge in [0.2, 0.25) is 0 Å². The molecule has 3 rings (SSSR count). The summed E-state index contributed by atoms with van der Waals surface area (Å²) in [6.45, 7) is 5.51. The average Bonchev–Trinajstić information content (AvgIpc) is 2.47. The highest BCUT2D eigenvalue weighted by molar-refractivity contribution is 6.30. The molecule has 1 aliphatic heterocycles. The van der Waals surface area contributed by atoms with Gasteiger partial charge in [-0.25, -0.2) is 4.98 Å². The highest BCUT2D eigenvalue weighted by Crippen LogP contribution is 2.26. The van der Waals surface area contributed by atoms with Crippen molar-refractivity contribution < 1.29 is 4.74 Å². The summed E-state index contributed by atoms with van der Waals surface area (Å²) in [5, 5.41) is 1.72. The molecule has 0 aliphatic carbocycles. The smallest absolute Gasteiger partial charge is 0.134 e. The topological polar surface area (TPSA) is 25.4 Å². The summed E-state index contributed by atoms with van der Waals surface area (Å²) in [4.78, 5) is 7.01. The van der Waals surface area contributed by atoms with Crippen LogP contribution < -0.4 is 4.74 Å². The molecule has 4 heteroatoms. The molecule has 0 saturated carbocycles. The molecule has 2 heterocycles. The molecule has 0 radical (unpaired) electrons. The summed E-state index contributed by atoms with van der Waals surface area (Å²) < 4.78 is 5.23. The van der Waals surface area contributed by atoms with Crippen LogP contribution in [0.5, 0.6) is 5.75 Å². The monoisotopic (exact) mass is 304 g/mol. The van der Waals surface area contributed by atoms with Crippen LogP contribution in [0.1, 0.15) is 25.3 Å². The van der Waals surface area contributed by atoms with Gasteiger partial charge in [0.05, 0.1) is 12.6 Å². The van der Waals surface area contributed by atoms with Crippen LogP contribution in [0, 0.1) is 5.92 Å². The van der Waals surface area contributed by atoms with Gasteiger partial charge in [-0.15, -0.1) is 0 Å². The molecular formula is C17H21ClN2O. The minimum absolute atomic E-state index is 0.606. The van der Waals surface area contributed by atoms with Crippen molar-refractivity contribution in [3.05, 3.63) is 35.0 Å². The van der Waals surface area contributed by atoms with Crippen LogP contribution in [0.2, 0.25) is 5.15 Å². The lowest BCUT2D eigenvalue weighted by Crippen LogP contribution is -2.33. The molecule has 1 aromatic carbocycles. The summed E-state index contributed by atoms with van der Waals surface area (Å²) in [6, 6.07) is 8.09. The first-order valence-corrected chi connectivity index (χ1v) is 7.89. The van der Waals surface area contributed by atoms with E-state index >= 15 is 0 Å². The second kappa shape index (κ2) is 6.20. The molecule has 3 nitrogen and oxygen atoms in total. The van der Waals surface area contributed by atoms with Crippen molar-refractivity contribution in [1.82, 2.24) is 9.88 Å². The summed E-state index contributed by atoms with van der Waals surface area (Å²) in [5.74, 6) is 1.58. The highest BCUT2D eigenvalue weighted by Gasteiger charge is 2.18. The number of pyridine rings is 1. The van der Waals surface area contributed by atoms with Crippen LogP contribution >= 0.6 is 11.6 Å². The van der Waals surface area contributed by atoms with E-state index in [4.69, 9.17) is 16.3 Å². The highest BCUT2D eigenvalue weighted by atomic mass is 35.5. The van der Waals surface area contributed by atoms with Gasteiger partial charge >= 0.3 is 0 Å². The van der Waals surface area contributed by atoms with E-state index in [1.807, 2.05) is 18.2 Å². The zero-order valence-electron chi connectivity index (χ0n) is 12.6. The summed E-state index contributed by atoms with van der Waals surface area (Å²) in [6.07, 6.45) is 2.61. The van der Waals surface area contributed by atoms with E-state index in [1.165, 1.54) is 12.8 Å². The van der Waals surface area contributed by atoms with Gasteiger partial charge in [-0.3, -0.25) is 4.90 Å². The van der Waals surface area contributed by atoms with E-state index in [1.54, 1.807) is 7.11 Å². The lowest BCUT2D eigenvalue weighted by atomic mass is 10.00. The average molecular weight is 305 g/mol. The molecule has 2 aromatic rings. The fourth-order valence-electron chi connectivity index (χ4n) is 3.08. The number of nitrogens with zero attached hydrogens (tertiary/aromatic N) is 2. The predicted molar refractivity (Wildman–Crippen MR) is 87.0 cm³/mol. The Hall–Kier alpha value is -1.32. The molecule has 0 spiro atoms. The number of aromatic nitrogens is 1. The zero-order chi connectivity index (χ0) is 14.8. The minimum Gasteiger partial charge on any atom is -0.497 e. The van der Waals surface area contributed by atoms with E-state index in [2.05, 4.69) is 22.9 Å². The van der Waals surface area contributed by atoms with Crippen molar-refractivity contribution in [3.8, 4) is 5.75 Å². The Labute approximate surface area is 130 Å². The summed E-state index contributed by atoms with van der Waals surface area (Å²) in [5.41, 5.74) is 2.00. The standard InChI is InChI=1S/C17H21ClN2O/c1-12-4-3-7-20(10-12)11-14-8-13-5-6-15(21-2)9-16(13)19-17(14)18/h5-6,8-9,12H,3-4,7,10-11H2,1-2H3. The van der Waals surface area contributed by atoms with E-state index in [-0.39, 0.29) is 0 Å². The fraction of sp³-hybridized carbons (Fsp3) is 0.471. The number of methoxy groups -OCH3 is 1. The third-order valence-corrected chi connectivity index (χ3v) is 4.51. The number of halogens is 1. The second-order valence-electron chi connectivity index (χ2n) is 5.98. The molecule has 1 saturated heterocycles. The number of rotatable bonds is 3. The van der Waals surface area contributed by atoms with Crippen molar-refractivity contribution in [3.63, 3.8) is 0 Å². The van der Waals surface area contributed by atoms with Gasteiger partial charge in [0, 0.05) is 30.1 Å². The van der Waals surface area contributed by atoms with Gasteiger partial charge in [0.1, 0.15) is 10.9 Å². The Morgan fingerprint density at radius 3 is 3.00 bits per heavy atom. The van der Waals surface area contributed by atoms with Crippen molar-refractivity contribution in [2.75, 3.05) is 20.2 Å². The van der Waals surface area contributed by atoms with E-state index in [0.29, 0.717) is 5.15 Å². The minimum atomic E-state index is 0.606. The number of fused-ring (bicyclic) bond motifs is 1. The molecule has 0 amide bonds. The van der Waals surface area contributed by atoms with Gasteiger partial charge in [-0.1, -0.05) is 18.5 Å². The summed E-state index contributed by atoms with van der Waals surface area (Å²) >= 11 is 6.38. The first-order chi connectivity index (χ1) is 10.2. The Balaban J connectivity index is 1.86. The van der Waals surface area contributed by atoms with Crippen LogP contribution in [0.25, 0.3) is 10.9 Å². The number of hydrogen-bond donors (Lipinski definition) is 0. The maximum atomic E-state index is 6.38. The molecule has 1 aliphatic rings. The van der Waals surface area contributed by atoms with Gasteiger partial charge in [0.25, 0.3) is 0 Å². The first-order valence-electron chi connectivity index (χ1n) is 7.51. The number of benzene rings is 1. The van der Waals surface area contributed by atoms with Crippen LogP contribution in [-0.4, -0.2) is 30.1 Å². The Morgan fingerprint density at radius 2 is 2.24 bits per heavy atom. The van der Waals surface area contributed by atoms with Crippen molar-refractivity contribution in [2.24, 2.45) is 5.92 Å². The van der Waals surface area contributed by atoms with Gasteiger partial charge < -0.3 is 4.74 Å². The first kappa shape index (κ1) is 14.6. The van der Waals surface area contributed by atoms with Gasteiger partial charge in [0.15, 0.2) is 0 Å². The third-order valence-electron chi connectivity index (χ3n) is 4.19. The molecule has 1 aromatic heterocycles. The molecule has 0 bridgehead atoms. The lowest BCUT2D eigenvalue weighted by Gasteiger charge is -2.31. The van der Waals surface area contributed by atoms with Crippen molar-refractivity contribution in [2.45, 2.75) is 26.3 Å². The number of hydrogen-bond acceptors (Lipinski definition) is 3. The van der Waals surface area contributed by atoms with Crippen LogP contribution in [0.15, 0.2) is 24.3 Å². The number of likely N-dealkylation sites (tertiary alicyclic amines) is 1. The third kappa shape index (κ3) is 3.30. The van der Waals surface area contributed by atoms with Crippen LogP contribution in [0.3, 0.4) is 0 Å². The zero-order valence-corrected chi connectivity index (χ0v) is 13.4. The van der Waals surface area contributed by atoms with Gasteiger partial charge in [-0.2, -0.15) is 0 Å². The Bertz CT molecular complexity index is 644. The molecule has 1 fully saturated rings. The quantitative estimate of drug-likeness (QED) is 0.797. The largest absolute Gasteiger partial charge is 0.497 e. The molecule has 0 N–H and O–H groups in total. The molecule has 112 valence electrons. The van der Waals surface area contributed by atoms with E-state index in [9.17, 15) is 0 Å². The van der Waals surface area contributed by atoms with Crippen LogP contribution in [0.4, 0.5) is 0 Å². The molecule has 21 heavy (non-hydrogen) atoms. The van der Waals surface area contributed by atoms with E-state index in [0.717, 1.165) is 47.8 Å². The molecule has 1 atom stereocenters. The fourth-order valence-corrected chi connectivity index (χ4v) is 3.28. The number of ether oxygens (including phenoxy) is 1. The van der Waals surface area contributed by atoms with Crippen molar-refractivity contribution >= 4 is 22.5 Å². The van der Waals surface area contributed by atoms with Crippen LogP contribution in [-0.2, 0) is 6.54 Å². The second-order valence-corrected chi connectivity index (χ2v) is 6.34. The van der Waals surface area contributed by atoms with Gasteiger partial charge in [-0.05, 0) is 43.5 Å². The maximum absolute atomic E-state index is 6.38. The van der Waals surface area contributed by atoms with Crippen molar-refractivity contribution in [1.29, 1.82) is 0 Å². The predicted octanol–water partition coefficient (Wildman–Crippen LogP) is 4.13. The summed E-state index contributed by atoms with van der Waals surface area (Å²) in [7, 11) is 1.66. The lowest BCUT2D eigenvalue weighted by molar-refractivity contribution is 0.176. The van der Waals surface area contributed by atoms with E-state index < -0.39 is 0 Å². The normalized spacial score (nSPS) is 19.9. The maximum Gasteiger partial charge on any atom is 0.134 e. The molecular weight excluding hydrogens is 284 g/mol.